The van der Waals surface area contributed by atoms with Crippen LogP contribution in [0, 0.1) is 0 Å². The van der Waals surface area contributed by atoms with Crippen LogP contribution in [0.1, 0.15) is 0 Å². The van der Waals surface area contributed by atoms with Crippen LogP contribution in [0.5, 0.6) is 0 Å². The molecule has 1 heterocycles. The maximum Gasteiger partial charge on any atom is 0.215 e. The van der Waals surface area contributed by atoms with Crippen LogP contribution >= 0.6 is 11.3 Å². The highest BCUT2D eigenvalue weighted by atomic mass is 32.2. The molecule has 2 rings (SSSR count). The Morgan fingerprint density at radius 3 is 2.27 bits per heavy atom. The van der Waals surface area contributed by atoms with Crippen molar-refractivity contribution in [1.82, 2.24) is 0 Å². The Labute approximate surface area is 92.1 Å². The standard InChI is InChI=1S/C10H9NO2S2/c11-8-3-5-9(6-4-8)15(12,13)10-2-1-7-14-10/h1-7H,11H2. The molecule has 78 valence electrons. The molecule has 2 aromatic rings. The highest BCUT2D eigenvalue weighted by Crippen LogP contribution is 2.25. The van der Waals surface area contributed by atoms with E-state index in [1.807, 2.05) is 0 Å². The Bertz CT molecular complexity index is 542. The molecule has 15 heavy (non-hydrogen) atoms. The molecular weight excluding hydrogens is 230 g/mol. The van der Waals surface area contributed by atoms with Gasteiger partial charge >= 0.3 is 0 Å². The Hall–Kier alpha value is -1.33. The van der Waals surface area contributed by atoms with Crippen LogP contribution in [0.15, 0.2) is 50.9 Å². The average Bonchev–Trinajstić information content (AvgIpc) is 2.71. The quantitative estimate of drug-likeness (QED) is 0.817. The van der Waals surface area contributed by atoms with Crippen molar-refractivity contribution in [2.24, 2.45) is 0 Å². The molecule has 3 nitrogen and oxygen atoms in total. The topological polar surface area (TPSA) is 60.2 Å². The molecule has 1 aromatic heterocycles. The van der Waals surface area contributed by atoms with E-state index in [4.69, 9.17) is 5.73 Å². The summed E-state index contributed by atoms with van der Waals surface area (Å²) in [4.78, 5) is 0.277. The molecule has 0 amide bonds. The van der Waals surface area contributed by atoms with Gasteiger partial charge in [-0.2, -0.15) is 0 Å². The number of hydrogen-bond donors (Lipinski definition) is 1. The van der Waals surface area contributed by atoms with Gasteiger partial charge < -0.3 is 5.73 Å². The van der Waals surface area contributed by atoms with Gasteiger partial charge in [0.1, 0.15) is 4.21 Å². The van der Waals surface area contributed by atoms with Gasteiger partial charge in [-0.15, -0.1) is 11.3 Å². The van der Waals surface area contributed by atoms with Gasteiger partial charge in [-0.25, -0.2) is 8.42 Å². The minimum absolute atomic E-state index is 0.277. The van der Waals surface area contributed by atoms with Crippen LogP contribution in [-0.4, -0.2) is 8.42 Å². The Morgan fingerprint density at radius 2 is 1.73 bits per heavy atom. The van der Waals surface area contributed by atoms with Crippen molar-refractivity contribution in [2.45, 2.75) is 9.10 Å². The third-order valence-corrected chi connectivity index (χ3v) is 5.12. The summed E-state index contributed by atoms with van der Waals surface area (Å²) in [6.07, 6.45) is 0. The lowest BCUT2D eigenvalue weighted by atomic mass is 10.3. The molecule has 2 N–H and O–H groups in total. The SMILES string of the molecule is Nc1ccc(S(=O)(=O)c2cccs2)cc1. The first-order valence-electron chi connectivity index (χ1n) is 4.25. The molecular formula is C10H9NO2S2. The number of rotatable bonds is 2. The predicted molar refractivity (Wildman–Crippen MR) is 60.6 cm³/mol. The molecule has 0 saturated heterocycles. The number of benzene rings is 1. The van der Waals surface area contributed by atoms with Gasteiger partial charge in [-0.1, -0.05) is 6.07 Å². The molecule has 0 aliphatic carbocycles. The lowest BCUT2D eigenvalue weighted by Gasteiger charge is -2.01. The number of nitrogen functional groups attached to an aromatic ring is 1. The molecule has 5 heteroatoms. The average molecular weight is 239 g/mol. The highest BCUT2D eigenvalue weighted by Gasteiger charge is 2.17. The highest BCUT2D eigenvalue weighted by molar-refractivity contribution is 7.93. The van der Waals surface area contributed by atoms with Crippen LogP contribution in [0.25, 0.3) is 0 Å². The van der Waals surface area contributed by atoms with Crippen LogP contribution in [0.4, 0.5) is 5.69 Å². The van der Waals surface area contributed by atoms with E-state index in [2.05, 4.69) is 0 Å². The molecule has 0 unspecified atom stereocenters. The minimum atomic E-state index is -3.35. The molecule has 0 atom stereocenters. The zero-order valence-corrected chi connectivity index (χ0v) is 9.38. The normalized spacial score (nSPS) is 11.5. The minimum Gasteiger partial charge on any atom is -0.399 e. The monoisotopic (exact) mass is 239 g/mol. The smallest absolute Gasteiger partial charge is 0.215 e. The summed E-state index contributed by atoms with van der Waals surface area (Å²) in [5.74, 6) is 0. The Kier molecular flexibility index (Phi) is 2.50. The summed E-state index contributed by atoms with van der Waals surface area (Å²) in [5, 5.41) is 1.74. The second-order valence-corrected chi connectivity index (χ2v) is 6.13. The maximum atomic E-state index is 12.0. The number of hydrogen-bond acceptors (Lipinski definition) is 4. The van der Waals surface area contributed by atoms with Gasteiger partial charge in [0.15, 0.2) is 0 Å². The van der Waals surface area contributed by atoms with Crippen molar-refractivity contribution >= 4 is 26.9 Å². The fourth-order valence-electron chi connectivity index (χ4n) is 1.18. The molecule has 0 radical (unpaired) electrons. The van der Waals surface area contributed by atoms with E-state index < -0.39 is 9.84 Å². The number of thiophene rings is 1. The third-order valence-electron chi connectivity index (χ3n) is 1.95. The second-order valence-electron chi connectivity index (χ2n) is 3.00. The van der Waals surface area contributed by atoms with Gasteiger partial charge in [-0.3, -0.25) is 0 Å². The van der Waals surface area contributed by atoms with E-state index in [-0.39, 0.29) is 4.90 Å². The fourth-order valence-corrected chi connectivity index (χ4v) is 3.57. The first kappa shape index (κ1) is 10.2. The van der Waals surface area contributed by atoms with Gasteiger partial charge in [0, 0.05) is 5.69 Å². The second kappa shape index (κ2) is 3.67. The number of nitrogens with two attached hydrogens (primary N) is 1. The van der Waals surface area contributed by atoms with Crippen molar-refractivity contribution in [1.29, 1.82) is 0 Å². The first-order valence-corrected chi connectivity index (χ1v) is 6.61. The Morgan fingerprint density at radius 1 is 1.07 bits per heavy atom. The van der Waals surface area contributed by atoms with Gasteiger partial charge in [-0.05, 0) is 35.7 Å². The summed E-state index contributed by atoms with van der Waals surface area (Å²) in [6, 6.07) is 9.51. The molecule has 0 aliphatic heterocycles. The number of anilines is 1. The first-order chi connectivity index (χ1) is 7.10. The van der Waals surface area contributed by atoms with E-state index in [0.717, 1.165) is 0 Å². The van der Waals surface area contributed by atoms with Crippen LogP contribution in [-0.2, 0) is 9.84 Å². The lowest BCUT2D eigenvalue weighted by molar-refractivity contribution is 0.598. The van der Waals surface area contributed by atoms with Crippen molar-refractivity contribution in [3.63, 3.8) is 0 Å². The summed E-state index contributed by atoms with van der Waals surface area (Å²) in [7, 11) is -3.35. The van der Waals surface area contributed by atoms with E-state index in [1.165, 1.54) is 23.5 Å². The summed E-state index contributed by atoms with van der Waals surface area (Å²) < 4.78 is 24.3. The molecule has 0 saturated carbocycles. The van der Waals surface area contributed by atoms with Gasteiger partial charge in [0.05, 0.1) is 4.90 Å². The van der Waals surface area contributed by atoms with Gasteiger partial charge in [0.25, 0.3) is 0 Å². The molecule has 0 fully saturated rings. The van der Waals surface area contributed by atoms with Crippen molar-refractivity contribution in [3.8, 4) is 0 Å². The zero-order valence-electron chi connectivity index (χ0n) is 7.75. The predicted octanol–water partition coefficient (Wildman–Crippen LogP) is 2.16. The molecule has 1 aromatic carbocycles. The summed E-state index contributed by atoms with van der Waals surface area (Å²) in [6.45, 7) is 0. The van der Waals surface area contributed by atoms with Crippen LogP contribution in [0.2, 0.25) is 0 Å². The maximum absolute atomic E-state index is 12.0. The van der Waals surface area contributed by atoms with Crippen molar-refractivity contribution in [3.05, 3.63) is 41.8 Å². The van der Waals surface area contributed by atoms with Crippen molar-refractivity contribution in [2.75, 3.05) is 5.73 Å². The van der Waals surface area contributed by atoms with Crippen LogP contribution in [0.3, 0.4) is 0 Å². The molecule has 0 bridgehead atoms. The third kappa shape index (κ3) is 1.88. The van der Waals surface area contributed by atoms with Crippen molar-refractivity contribution < 1.29 is 8.42 Å². The zero-order chi connectivity index (χ0) is 10.9. The Balaban J connectivity index is 2.52. The van der Waals surface area contributed by atoms with E-state index in [9.17, 15) is 8.42 Å². The van der Waals surface area contributed by atoms with E-state index in [1.54, 1.807) is 29.6 Å². The largest absolute Gasteiger partial charge is 0.399 e. The molecule has 0 spiro atoms. The number of sulfone groups is 1. The summed E-state index contributed by atoms with van der Waals surface area (Å²) >= 11 is 1.21. The fraction of sp³-hybridized carbons (Fsp3) is 0. The molecule has 0 aliphatic rings. The van der Waals surface area contributed by atoms with E-state index >= 15 is 0 Å². The van der Waals surface area contributed by atoms with E-state index in [0.29, 0.717) is 9.90 Å². The summed E-state index contributed by atoms with van der Waals surface area (Å²) in [5.41, 5.74) is 6.05. The van der Waals surface area contributed by atoms with Gasteiger partial charge in [0.2, 0.25) is 9.84 Å². The lowest BCUT2D eigenvalue weighted by Crippen LogP contribution is -1.99. The van der Waals surface area contributed by atoms with Crippen LogP contribution < -0.4 is 5.73 Å².